The first-order valence-corrected chi connectivity index (χ1v) is 10.4. The monoisotopic (exact) mass is 424 g/mol. The highest BCUT2D eigenvalue weighted by molar-refractivity contribution is 7.89. The standard InChI is InChI=1S/C21H20N4O4S/c1-3-16-6-4-7-18(14-16)25(15-20(26)23-2)21(27)17-8-10-19(11-9-17)30(28,29)24-13-5-12-22/h1,4,6-11,14,24H,5,13,15H2,2H3,(H,23,26). The van der Waals surface area contributed by atoms with E-state index in [9.17, 15) is 18.0 Å². The quantitative estimate of drug-likeness (QED) is 0.488. The highest BCUT2D eigenvalue weighted by atomic mass is 32.2. The molecule has 0 aliphatic carbocycles. The van der Waals surface area contributed by atoms with Gasteiger partial charge in [-0.3, -0.25) is 14.5 Å². The Balaban J connectivity index is 2.32. The van der Waals surface area contributed by atoms with Crippen LogP contribution in [-0.4, -0.2) is 40.4 Å². The third-order valence-corrected chi connectivity index (χ3v) is 5.57. The van der Waals surface area contributed by atoms with Crippen LogP contribution in [0.5, 0.6) is 0 Å². The number of nitrogens with zero attached hydrogens (tertiary/aromatic N) is 2. The number of benzene rings is 2. The van der Waals surface area contributed by atoms with Gasteiger partial charge in [0, 0.05) is 36.8 Å². The first-order valence-electron chi connectivity index (χ1n) is 8.88. The summed E-state index contributed by atoms with van der Waals surface area (Å²) in [5.74, 6) is 1.61. The lowest BCUT2D eigenvalue weighted by atomic mass is 10.1. The molecule has 2 N–H and O–H groups in total. The fourth-order valence-electron chi connectivity index (χ4n) is 2.52. The number of nitrogens with one attached hydrogen (secondary N) is 2. The first-order chi connectivity index (χ1) is 14.3. The Kier molecular flexibility index (Phi) is 7.70. The van der Waals surface area contributed by atoms with Crippen molar-refractivity contribution in [2.24, 2.45) is 0 Å². The Morgan fingerprint density at radius 2 is 1.87 bits per heavy atom. The zero-order valence-corrected chi connectivity index (χ0v) is 17.1. The molecular weight excluding hydrogens is 404 g/mol. The van der Waals surface area contributed by atoms with E-state index < -0.39 is 15.9 Å². The molecule has 0 fully saturated rings. The van der Waals surface area contributed by atoms with Gasteiger partial charge >= 0.3 is 0 Å². The number of carbonyl (C=O) groups is 2. The van der Waals surface area contributed by atoms with E-state index >= 15 is 0 Å². The number of hydrogen-bond donors (Lipinski definition) is 2. The van der Waals surface area contributed by atoms with E-state index in [1.54, 1.807) is 24.3 Å². The van der Waals surface area contributed by atoms with E-state index in [0.717, 1.165) is 0 Å². The highest BCUT2D eigenvalue weighted by Gasteiger charge is 2.22. The number of nitriles is 1. The van der Waals surface area contributed by atoms with Gasteiger partial charge < -0.3 is 5.32 Å². The zero-order chi connectivity index (χ0) is 22.1. The van der Waals surface area contributed by atoms with E-state index in [-0.39, 0.29) is 35.9 Å². The van der Waals surface area contributed by atoms with Gasteiger partial charge in [0.1, 0.15) is 6.54 Å². The maximum absolute atomic E-state index is 13.1. The molecule has 0 saturated carbocycles. The van der Waals surface area contributed by atoms with E-state index in [0.29, 0.717) is 11.3 Å². The molecule has 2 aromatic rings. The summed E-state index contributed by atoms with van der Waals surface area (Å²) in [6, 6.07) is 13.8. The number of sulfonamides is 1. The van der Waals surface area contributed by atoms with Crippen molar-refractivity contribution in [1.29, 1.82) is 5.26 Å². The van der Waals surface area contributed by atoms with Crippen LogP contribution in [-0.2, 0) is 14.8 Å². The lowest BCUT2D eigenvalue weighted by molar-refractivity contribution is -0.119. The molecule has 30 heavy (non-hydrogen) atoms. The summed E-state index contributed by atoms with van der Waals surface area (Å²) in [6.45, 7) is -0.246. The predicted molar refractivity (Wildman–Crippen MR) is 112 cm³/mol. The SMILES string of the molecule is C#Cc1cccc(N(CC(=O)NC)C(=O)c2ccc(S(=O)(=O)NCCC#N)cc2)c1. The van der Waals surface area contributed by atoms with Gasteiger partial charge in [-0.1, -0.05) is 12.0 Å². The van der Waals surface area contributed by atoms with Crippen LogP contribution in [0.4, 0.5) is 5.69 Å². The molecule has 0 radical (unpaired) electrons. The van der Waals surface area contributed by atoms with Crippen molar-refractivity contribution in [2.45, 2.75) is 11.3 Å². The van der Waals surface area contributed by atoms with Crippen molar-refractivity contribution >= 4 is 27.5 Å². The number of terminal acetylenes is 1. The Morgan fingerprint density at radius 1 is 1.17 bits per heavy atom. The minimum Gasteiger partial charge on any atom is -0.358 e. The Morgan fingerprint density at radius 3 is 2.47 bits per heavy atom. The van der Waals surface area contributed by atoms with Crippen molar-refractivity contribution in [3.05, 3.63) is 59.7 Å². The third-order valence-electron chi connectivity index (χ3n) is 4.09. The summed E-state index contributed by atoms with van der Waals surface area (Å²) in [5.41, 5.74) is 1.18. The maximum Gasteiger partial charge on any atom is 0.258 e. The van der Waals surface area contributed by atoms with Crippen LogP contribution in [0.25, 0.3) is 0 Å². The van der Waals surface area contributed by atoms with Gasteiger partial charge in [0.05, 0.1) is 11.0 Å². The predicted octanol–water partition coefficient (Wildman–Crippen LogP) is 1.25. The summed E-state index contributed by atoms with van der Waals surface area (Å²) in [4.78, 5) is 26.2. The number of rotatable bonds is 8. The molecule has 0 aliphatic heterocycles. The fourth-order valence-corrected chi connectivity index (χ4v) is 3.56. The maximum atomic E-state index is 13.1. The smallest absolute Gasteiger partial charge is 0.258 e. The minimum atomic E-state index is -3.79. The van der Waals surface area contributed by atoms with Gasteiger partial charge in [-0.2, -0.15) is 5.26 Å². The van der Waals surface area contributed by atoms with E-state index in [1.165, 1.54) is 36.2 Å². The summed E-state index contributed by atoms with van der Waals surface area (Å²) in [5, 5.41) is 11.0. The van der Waals surface area contributed by atoms with Gasteiger partial charge in [0.2, 0.25) is 15.9 Å². The molecule has 154 valence electrons. The Bertz CT molecular complexity index is 1110. The Labute approximate surface area is 175 Å². The minimum absolute atomic E-state index is 0.00899. The van der Waals surface area contributed by atoms with Crippen LogP contribution in [0.2, 0.25) is 0 Å². The Hall–Kier alpha value is -3.66. The first kappa shape index (κ1) is 22.6. The number of anilines is 1. The number of carbonyl (C=O) groups excluding carboxylic acids is 2. The lowest BCUT2D eigenvalue weighted by Gasteiger charge is -2.22. The number of likely N-dealkylation sites (N-methyl/N-ethyl adjacent to an activating group) is 1. The molecule has 0 spiro atoms. The molecule has 2 rings (SSSR count). The van der Waals surface area contributed by atoms with Crippen molar-refractivity contribution in [1.82, 2.24) is 10.0 Å². The van der Waals surface area contributed by atoms with Crippen LogP contribution in [0, 0.1) is 23.7 Å². The molecular formula is C21H20N4O4S. The molecule has 0 unspecified atom stereocenters. The van der Waals surface area contributed by atoms with Crippen molar-refractivity contribution in [3.8, 4) is 18.4 Å². The second kappa shape index (κ2) is 10.2. The van der Waals surface area contributed by atoms with Gasteiger partial charge in [0.15, 0.2) is 0 Å². The number of hydrogen-bond acceptors (Lipinski definition) is 5. The normalized spacial score (nSPS) is 10.5. The topological polar surface area (TPSA) is 119 Å². The summed E-state index contributed by atoms with van der Waals surface area (Å²) < 4.78 is 26.7. The van der Waals surface area contributed by atoms with Crippen LogP contribution < -0.4 is 14.9 Å². The van der Waals surface area contributed by atoms with E-state index in [2.05, 4.69) is 16.0 Å². The zero-order valence-electron chi connectivity index (χ0n) is 16.3. The van der Waals surface area contributed by atoms with E-state index in [1.807, 2.05) is 6.07 Å². The van der Waals surface area contributed by atoms with Gasteiger partial charge in [0.25, 0.3) is 5.91 Å². The summed E-state index contributed by atoms with van der Waals surface area (Å²) >= 11 is 0. The molecule has 8 nitrogen and oxygen atoms in total. The molecule has 2 amide bonds. The van der Waals surface area contributed by atoms with Gasteiger partial charge in [-0.25, -0.2) is 13.1 Å². The largest absolute Gasteiger partial charge is 0.358 e. The third kappa shape index (κ3) is 5.67. The molecule has 0 aliphatic rings. The van der Waals surface area contributed by atoms with Crippen molar-refractivity contribution in [2.75, 3.05) is 25.0 Å². The molecule has 0 aromatic heterocycles. The highest BCUT2D eigenvalue weighted by Crippen LogP contribution is 2.20. The number of amides is 2. The average Bonchev–Trinajstić information content (AvgIpc) is 2.77. The molecule has 0 atom stereocenters. The van der Waals surface area contributed by atoms with Crippen LogP contribution in [0.3, 0.4) is 0 Å². The lowest BCUT2D eigenvalue weighted by Crippen LogP contribution is -2.39. The van der Waals surface area contributed by atoms with Crippen molar-refractivity contribution in [3.63, 3.8) is 0 Å². The van der Waals surface area contributed by atoms with Crippen LogP contribution in [0.1, 0.15) is 22.3 Å². The molecule has 0 bridgehead atoms. The molecule has 0 saturated heterocycles. The summed E-state index contributed by atoms with van der Waals surface area (Å²) in [7, 11) is -2.33. The molecule has 2 aromatic carbocycles. The van der Waals surface area contributed by atoms with Crippen molar-refractivity contribution < 1.29 is 18.0 Å². The van der Waals surface area contributed by atoms with Gasteiger partial charge in [-0.15, -0.1) is 6.42 Å². The second-order valence-electron chi connectivity index (χ2n) is 6.09. The van der Waals surface area contributed by atoms with Crippen LogP contribution in [0.15, 0.2) is 53.4 Å². The second-order valence-corrected chi connectivity index (χ2v) is 7.86. The molecule has 0 heterocycles. The van der Waals surface area contributed by atoms with Gasteiger partial charge in [-0.05, 0) is 42.5 Å². The average molecular weight is 424 g/mol. The molecule has 9 heteroatoms. The van der Waals surface area contributed by atoms with Crippen LogP contribution >= 0.6 is 0 Å². The fraction of sp³-hybridized carbons (Fsp3) is 0.190. The summed E-state index contributed by atoms with van der Waals surface area (Å²) in [6.07, 6.45) is 5.46. The van der Waals surface area contributed by atoms with E-state index in [4.69, 9.17) is 11.7 Å².